The lowest BCUT2D eigenvalue weighted by atomic mass is 9.73. The summed E-state index contributed by atoms with van der Waals surface area (Å²) in [5, 5.41) is 7.21. The van der Waals surface area contributed by atoms with Crippen LogP contribution >= 0.6 is 11.6 Å². The Hall–Kier alpha value is -1.84. The van der Waals surface area contributed by atoms with E-state index in [-0.39, 0.29) is 11.9 Å². The van der Waals surface area contributed by atoms with Gasteiger partial charge in [-0.1, -0.05) is 41.9 Å². The largest absolute Gasteiger partial charge is 0.325 e. The quantitative estimate of drug-likeness (QED) is 0.848. The van der Waals surface area contributed by atoms with Crippen molar-refractivity contribution in [2.75, 3.05) is 11.9 Å². The fraction of sp³-hybridized carbons (Fsp3) is 0.235. The number of benzene rings is 2. The van der Waals surface area contributed by atoms with Crippen LogP contribution in [0.4, 0.5) is 5.69 Å². The number of nitrogens with one attached hydrogen (secondary N) is 2. The van der Waals surface area contributed by atoms with Crippen LogP contribution < -0.4 is 10.6 Å². The van der Waals surface area contributed by atoms with Crippen molar-refractivity contribution in [1.29, 1.82) is 0 Å². The molecule has 1 fully saturated rings. The Morgan fingerprint density at radius 1 is 1.14 bits per heavy atom. The van der Waals surface area contributed by atoms with Crippen LogP contribution in [-0.2, 0) is 10.2 Å². The number of fused-ring (bicyclic) bond motifs is 2. The summed E-state index contributed by atoms with van der Waals surface area (Å²) in [6.07, 6.45) is 0.799. The molecular weight excluding hydrogens is 284 g/mol. The zero-order valence-electron chi connectivity index (χ0n) is 11.4. The van der Waals surface area contributed by atoms with Crippen LogP contribution in [0, 0.1) is 0 Å². The van der Waals surface area contributed by atoms with Crippen LogP contribution in [0.3, 0.4) is 0 Å². The highest BCUT2D eigenvalue weighted by molar-refractivity contribution is 6.30. The van der Waals surface area contributed by atoms with Gasteiger partial charge in [0, 0.05) is 10.7 Å². The minimum atomic E-state index is -0.527. The lowest BCUT2D eigenvalue weighted by molar-refractivity contribution is -0.121. The molecule has 0 radical (unpaired) electrons. The standard InChI is InChI=1S/C17H15ClN2O/c18-12-5-3-4-11(10-12)15-17(8-9-19-15)13-6-1-2-7-14(13)20-16(17)21/h1-7,10,15,19H,8-9H2,(H,20,21)/t15-,17-/m1/s1. The van der Waals surface area contributed by atoms with E-state index in [1.165, 1.54) is 0 Å². The van der Waals surface area contributed by atoms with Crippen molar-refractivity contribution in [2.45, 2.75) is 17.9 Å². The Bertz CT molecular complexity index is 730. The van der Waals surface area contributed by atoms with Gasteiger partial charge in [0.15, 0.2) is 0 Å². The van der Waals surface area contributed by atoms with Crippen molar-refractivity contribution in [3.05, 3.63) is 64.7 Å². The first-order chi connectivity index (χ1) is 10.2. The number of hydrogen-bond acceptors (Lipinski definition) is 2. The zero-order chi connectivity index (χ0) is 14.4. The smallest absolute Gasteiger partial charge is 0.237 e. The summed E-state index contributed by atoms with van der Waals surface area (Å²) in [6.45, 7) is 0.818. The molecule has 4 heteroatoms. The number of carbonyl (C=O) groups excluding carboxylic acids is 1. The van der Waals surface area contributed by atoms with Crippen molar-refractivity contribution in [2.24, 2.45) is 0 Å². The SMILES string of the molecule is O=C1Nc2ccccc2[C@@]12CCN[C@@H]2c1cccc(Cl)c1. The summed E-state index contributed by atoms with van der Waals surface area (Å²) in [5.41, 5.74) is 2.55. The Kier molecular flexibility index (Phi) is 2.81. The molecule has 0 bridgehead atoms. The predicted octanol–water partition coefficient (Wildman–Crippen LogP) is 3.26. The Balaban J connectivity index is 1.89. The summed E-state index contributed by atoms with van der Waals surface area (Å²) in [5.74, 6) is 0.0821. The van der Waals surface area contributed by atoms with E-state index in [0.29, 0.717) is 5.02 Å². The van der Waals surface area contributed by atoms with Gasteiger partial charge < -0.3 is 10.6 Å². The number of hydrogen-bond donors (Lipinski definition) is 2. The number of amides is 1. The van der Waals surface area contributed by atoms with Crippen molar-refractivity contribution in [3.8, 4) is 0 Å². The van der Waals surface area contributed by atoms with Crippen LogP contribution in [0.2, 0.25) is 5.02 Å². The van der Waals surface area contributed by atoms with Gasteiger partial charge in [0.1, 0.15) is 0 Å². The number of anilines is 1. The average Bonchev–Trinajstić information content (AvgIpc) is 3.04. The van der Waals surface area contributed by atoms with E-state index in [4.69, 9.17) is 11.6 Å². The molecule has 1 spiro atoms. The normalized spacial score (nSPS) is 26.9. The molecule has 0 aliphatic carbocycles. The molecule has 3 nitrogen and oxygen atoms in total. The first-order valence-corrected chi connectivity index (χ1v) is 7.49. The van der Waals surface area contributed by atoms with Gasteiger partial charge >= 0.3 is 0 Å². The lowest BCUT2D eigenvalue weighted by Crippen LogP contribution is -2.39. The molecule has 2 aromatic rings. The fourth-order valence-electron chi connectivity index (χ4n) is 3.69. The average molecular weight is 299 g/mol. The molecule has 106 valence electrons. The van der Waals surface area contributed by atoms with E-state index in [1.807, 2.05) is 42.5 Å². The van der Waals surface area contributed by atoms with Gasteiger partial charge in [-0.15, -0.1) is 0 Å². The summed E-state index contributed by atoms with van der Waals surface area (Å²) >= 11 is 6.13. The molecule has 2 N–H and O–H groups in total. The Morgan fingerprint density at radius 2 is 2.00 bits per heavy atom. The molecule has 2 aromatic carbocycles. The molecular formula is C17H15ClN2O. The van der Waals surface area contributed by atoms with E-state index in [9.17, 15) is 4.79 Å². The molecule has 1 saturated heterocycles. The van der Waals surface area contributed by atoms with Gasteiger partial charge in [0.25, 0.3) is 0 Å². The first kappa shape index (κ1) is 12.9. The number of carbonyl (C=O) groups is 1. The van der Waals surface area contributed by atoms with E-state index in [0.717, 1.165) is 29.8 Å². The molecule has 1 amide bonds. The summed E-state index contributed by atoms with van der Waals surface area (Å²) in [4.78, 5) is 12.7. The summed E-state index contributed by atoms with van der Waals surface area (Å²) in [7, 11) is 0. The molecule has 2 atom stereocenters. The van der Waals surface area contributed by atoms with Gasteiger partial charge in [0.05, 0.1) is 11.5 Å². The van der Waals surface area contributed by atoms with E-state index < -0.39 is 5.41 Å². The van der Waals surface area contributed by atoms with Gasteiger partial charge in [-0.05, 0) is 42.3 Å². The zero-order valence-corrected chi connectivity index (χ0v) is 12.2. The highest BCUT2D eigenvalue weighted by Gasteiger charge is 2.55. The minimum Gasteiger partial charge on any atom is -0.325 e. The number of rotatable bonds is 1. The summed E-state index contributed by atoms with van der Waals surface area (Å²) in [6, 6.07) is 15.7. The number of para-hydroxylation sites is 1. The molecule has 0 aromatic heterocycles. The van der Waals surface area contributed by atoms with Crippen molar-refractivity contribution in [1.82, 2.24) is 5.32 Å². The number of halogens is 1. The van der Waals surface area contributed by atoms with Crippen molar-refractivity contribution < 1.29 is 4.79 Å². The molecule has 2 aliphatic rings. The highest BCUT2D eigenvalue weighted by Crippen LogP contribution is 2.50. The molecule has 4 rings (SSSR count). The predicted molar refractivity (Wildman–Crippen MR) is 83.6 cm³/mol. The third kappa shape index (κ3) is 1.74. The molecule has 0 unspecified atom stereocenters. The third-order valence-corrected chi connectivity index (χ3v) is 4.84. The van der Waals surface area contributed by atoms with Gasteiger partial charge in [-0.25, -0.2) is 0 Å². The van der Waals surface area contributed by atoms with Gasteiger partial charge in [0.2, 0.25) is 5.91 Å². The Labute approximate surface area is 128 Å². The fourth-order valence-corrected chi connectivity index (χ4v) is 3.89. The van der Waals surface area contributed by atoms with Crippen LogP contribution in [0.1, 0.15) is 23.6 Å². The maximum absolute atomic E-state index is 12.7. The highest BCUT2D eigenvalue weighted by atomic mass is 35.5. The van der Waals surface area contributed by atoms with E-state index >= 15 is 0 Å². The van der Waals surface area contributed by atoms with Crippen LogP contribution in [0.25, 0.3) is 0 Å². The monoisotopic (exact) mass is 298 g/mol. The minimum absolute atomic E-state index is 0.0418. The Morgan fingerprint density at radius 3 is 2.86 bits per heavy atom. The van der Waals surface area contributed by atoms with Crippen molar-refractivity contribution in [3.63, 3.8) is 0 Å². The second-order valence-electron chi connectivity index (χ2n) is 5.66. The first-order valence-electron chi connectivity index (χ1n) is 7.11. The molecule has 2 heterocycles. The molecule has 21 heavy (non-hydrogen) atoms. The van der Waals surface area contributed by atoms with Crippen LogP contribution in [-0.4, -0.2) is 12.5 Å². The maximum Gasteiger partial charge on any atom is 0.237 e. The maximum atomic E-state index is 12.7. The molecule has 2 aliphatic heterocycles. The molecule has 0 saturated carbocycles. The second-order valence-corrected chi connectivity index (χ2v) is 6.10. The lowest BCUT2D eigenvalue weighted by Gasteiger charge is -2.29. The van der Waals surface area contributed by atoms with Crippen LogP contribution in [0.15, 0.2) is 48.5 Å². The third-order valence-electron chi connectivity index (χ3n) is 4.60. The van der Waals surface area contributed by atoms with Gasteiger partial charge in [-0.2, -0.15) is 0 Å². The van der Waals surface area contributed by atoms with Gasteiger partial charge in [-0.3, -0.25) is 4.79 Å². The second kappa shape index (κ2) is 4.58. The van der Waals surface area contributed by atoms with Crippen LogP contribution in [0.5, 0.6) is 0 Å². The topological polar surface area (TPSA) is 41.1 Å². The van der Waals surface area contributed by atoms with E-state index in [1.54, 1.807) is 0 Å². The summed E-state index contributed by atoms with van der Waals surface area (Å²) < 4.78 is 0. The van der Waals surface area contributed by atoms with Crippen molar-refractivity contribution >= 4 is 23.2 Å². The van der Waals surface area contributed by atoms with E-state index in [2.05, 4.69) is 16.7 Å².